The summed E-state index contributed by atoms with van der Waals surface area (Å²) in [6, 6.07) is 3.67. The molecule has 0 atom stereocenters. The van der Waals surface area contributed by atoms with Gasteiger partial charge in [0.2, 0.25) is 0 Å². The Morgan fingerprint density at radius 3 is 3.21 bits per heavy atom. The van der Waals surface area contributed by atoms with Gasteiger partial charge in [0.1, 0.15) is 0 Å². The van der Waals surface area contributed by atoms with Crippen molar-refractivity contribution in [2.45, 2.75) is 0 Å². The number of hydrogen-bond donors (Lipinski definition) is 1. The summed E-state index contributed by atoms with van der Waals surface area (Å²) < 4.78 is 1.04. The van der Waals surface area contributed by atoms with Crippen molar-refractivity contribution in [3.63, 3.8) is 0 Å². The lowest BCUT2D eigenvalue weighted by Gasteiger charge is -1.96. The second kappa shape index (κ2) is 3.73. The van der Waals surface area contributed by atoms with Gasteiger partial charge in [0.15, 0.2) is 0 Å². The minimum Gasteiger partial charge on any atom is -0.277 e. The molecule has 2 aromatic rings. The molecule has 14 heavy (non-hydrogen) atoms. The van der Waals surface area contributed by atoms with Crippen molar-refractivity contribution < 1.29 is 9.63 Å². The number of carbonyl (C=O) groups excluding carboxylic acids is 1. The first-order chi connectivity index (χ1) is 6.81. The summed E-state index contributed by atoms with van der Waals surface area (Å²) in [4.78, 5) is 20.5. The fourth-order valence-electron chi connectivity index (χ4n) is 1.14. The Kier molecular flexibility index (Phi) is 2.43. The molecule has 1 N–H and O–H groups in total. The van der Waals surface area contributed by atoms with E-state index in [0.29, 0.717) is 4.88 Å². The van der Waals surface area contributed by atoms with Crippen LogP contribution in [0.2, 0.25) is 0 Å². The number of hydroxylamine groups is 1. The second-order valence-electron chi connectivity index (χ2n) is 2.66. The van der Waals surface area contributed by atoms with Crippen molar-refractivity contribution in [3.8, 4) is 0 Å². The smallest absolute Gasteiger partial charge is 0.277 e. The predicted molar refractivity (Wildman–Crippen MR) is 54.1 cm³/mol. The molecule has 0 fully saturated rings. The lowest BCUT2D eigenvalue weighted by atomic mass is 10.3. The third-order valence-corrected chi connectivity index (χ3v) is 2.85. The highest BCUT2D eigenvalue weighted by Crippen LogP contribution is 2.24. The third kappa shape index (κ3) is 1.59. The highest BCUT2D eigenvalue weighted by atomic mass is 32.1. The fourth-order valence-corrected chi connectivity index (χ4v) is 2.05. The molecule has 0 aliphatic carbocycles. The van der Waals surface area contributed by atoms with Crippen molar-refractivity contribution in [3.05, 3.63) is 29.4 Å². The number of thiophene rings is 1. The van der Waals surface area contributed by atoms with Gasteiger partial charge in [-0.2, -0.15) is 0 Å². The maximum atomic E-state index is 11.4. The zero-order valence-electron chi connectivity index (χ0n) is 7.48. The zero-order chi connectivity index (χ0) is 9.97. The molecule has 2 heterocycles. The molecule has 2 aromatic heterocycles. The monoisotopic (exact) mass is 208 g/mol. The van der Waals surface area contributed by atoms with Gasteiger partial charge in [-0.3, -0.25) is 14.6 Å². The van der Waals surface area contributed by atoms with Crippen molar-refractivity contribution in [1.29, 1.82) is 0 Å². The molecule has 0 aliphatic rings. The molecule has 2 rings (SSSR count). The number of fused-ring (bicyclic) bond motifs is 1. The Morgan fingerprint density at radius 2 is 2.50 bits per heavy atom. The Labute approximate surface area is 84.5 Å². The van der Waals surface area contributed by atoms with E-state index in [1.54, 1.807) is 18.5 Å². The van der Waals surface area contributed by atoms with E-state index in [2.05, 4.69) is 15.3 Å². The predicted octanol–water partition coefficient (Wildman–Crippen LogP) is 1.59. The Balaban J connectivity index is 2.40. The van der Waals surface area contributed by atoms with Crippen LogP contribution < -0.4 is 5.48 Å². The summed E-state index contributed by atoms with van der Waals surface area (Å²) in [5.74, 6) is -0.228. The number of rotatable bonds is 2. The number of pyridine rings is 1. The number of carbonyl (C=O) groups is 1. The van der Waals surface area contributed by atoms with Crippen LogP contribution >= 0.6 is 11.3 Å². The van der Waals surface area contributed by atoms with Crippen LogP contribution in [-0.2, 0) is 4.84 Å². The standard InChI is InChI=1S/C9H8N2O2S/c1-13-11-9(12)8-4-6-5-10-3-2-7(6)14-8/h2-5H,1H3,(H,11,12). The molecule has 0 unspecified atom stereocenters. The van der Waals surface area contributed by atoms with E-state index >= 15 is 0 Å². The highest BCUT2D eigenvalue weighted by molar-refractivity contribution is 7.20. The van der Waals surface area contributed by atoms with Gasteiger partial charge >= 0.3 is 0 Å². The summed E-state index contributed by atoms with van der Waals surface area (Å²) in [6.07, 6.45) is 3.44. The summed E-state index contributed by atoms with van der Waals surface area (Å²) in [5, 5.41) is 0.971. The minimum atomic E-state index is -0.228. The van der Waals surface area contributed by atoms with Crippen molar-refractivity contribution in [2.75, 3.05) is 7.11 Å². The van der Waals surface area contributed by atoms with Crippen molar-refractivity contribution >= 4 is 27.3 Å². The van der Waals surface area contributed by atoms with Crippen LogP contribution in [0.4, 0.5) is 0 Å². The van der Waals surface area contributed by atoms with Gasteiger partial charge in [-0.05, 0) is 12.1 Å². The van der Waals surface area contributed by atoms with Gasteiger partial charge in [0.05, 0.1) is 12.0 Å². The maximum Gasteiger partial charge on any atom is 0.284 e. The van der Waals surface area contributed by atoms with Crippen LogP contribution in [-0.4, -0.2) is 18.0 Å². The molecule has 0 bridgehead atoms. The highest BCUT2D eigenvalue weighted by Gasteiger charge is 2.08. The summed E-state index contributed by atoms with van der Waals surface area (Å²) >= 11 is 1.41. The Bertz CT molecular complexity index is 434. The van der Waals surface area contributed by atoms with E-state index in [0.717, 1.165) is 10.1 Å². The molecule has 1 amide bonds. The molecule has 72 valence electrons. The number of amides is 1. The van der Waals surface area contributed by atoms with Crippen molar-refractivity contribution in [2.24, 2.45) is 0 Å². The molecule has 0 aromatic carbocycles. The Morgan fingerprint density at radius 1 is 1.64 bits per heavy atom. The molecular formula is C9H8N2O2S. The van der Waals surface area contributed by atoms with E-state index < -0.39 is 0 Å². The fraction of sp³-hybridized carbons (Fsp3) is 0.111. The minimum absolute atomic E-state index is 0.228. The van der Waals surface area contributed by atoms with Gasteiger partial charge in [-0.25, -0.2) is 5.48 Å². The molecule has 4 nitrogen and oxygen atoms in total. The number of aromatic nitrogens is 1. The first-order valence-electron chi connectivity index (χ1n) is 3.98. The van der Waals surface area contributed by atoms with Gasteiger partial charge in [0, 0.05) is 22.5 Å². The SMILES string of the molecule is CONC(=O)c1cc2cnccc2s1. The maximum absolute atomic E-state index is 11.4. The average Bonchev–Trinajstić information content (AvgIpc) is 2.61. The van der Waals surface area contributed by atoms with E-state index in [1.807, 2.05) is 6.07 Å². The molecule has 0 spiro atoms. The van der Waals surface area contributed by atoms with Crippen LogP contribution in [0.1, 0.15) is 9.67 Å². The lowest BCUT2D eigenvalue weighted by Crippen LogP contribution is -2.20. The number of nitrogens with zero attached hydrogens (tertiary/aromatic N) is 1. The van der Waals surface area contributed by atoms with Crippen molar-refractivity contribution in [1.82, 2.24) is 10.5 Å². The lowest BCUT2D eigenvalue weighted by molar-refractivity contribution is 0.0542. The first-order valence-corrected chi connectivity index (χ1v) is 4.80. The van der Waals surface area contributed by atoms with Crippen LogP contribution in [0, 0.1) is 0 Å². The second-order valence-corrected chi connectivity index (χ2v) is 3.74. The van der Waals surface area contributed by atoms with E-state index in [4.69, 9.17) is 0 Å². The molecule has 5 heteroatoms. The van der Waals surface area contributed by atoms with Crippen LogP contribution in [0.3, 0.4) is 0 Å². The molecule has 0 saturated heterocycles. The first kappa shape index (κ1) is 9.11. The quantitative estimate of drug-likeness (QED) is 0.762. The van der Waals surface area contributed by atoms with Gasteiger partial charge in [-0.15, -0.1) is 11.3 Å². The number of hydrogen-bond acceptors (Lipinski definition) is 4. The third-order valence-electron chi connectivity index (χ3n) is 1.74. The summed E-state index contributed by atoms with van der Waals surface area (Å²) in [6.45, 7) is 0. The summed E-state index contributed by atoms with van der Waals surface area (Å²) in [5.41, 5.74) is 2.27. The Hall–Kier alpha value is -1.46. The molecule has 0 radical (unpaired) electrons. The normalized spacial score (nSPS) is 10.4. The van der Waals surface area contributed by atoms with Crippen LogP contribution in [0.15, 0.2) is 24.5 Å². The molecule has 0 aliphatic heterocycles. The van der Waals surface area contributed by atoms with Crippen LogP contribution in [0.5, 0.6) is 0 Å². The van der Waals surface area contributed by atoms with E-state index in [1.165, 1.54) is 18.4 Å². The van der Waals surface area contributed by atoms with Gasteiger partial charge < -0.3 is 0 Å². The van der Waals surface area contributed by atoms with Gasteiger partial charge in [0.25, 0.3) is 5.91 Å². The zero-order valence-corrected chi connectivity index (χ0v) is 8.30. The average molecular weight is 208 g/mol. The van der Waals surface area contributed by atoms with E-state index in [9.17, 15) is 4.79 Å². The summed E-state index contributed by atoms with van der Waals surface area (Å²) in [7, 11) is 1.41. The number of nitrogens with one attached hydrogen (secondary N) is 1. The van der Waals surface area contributed by atoms with Crippen LogP contribution in [0.25, 0.3) is 10.1 Å². The molecular weight excluding hydrogens is 200 g/mol. The van der Waals surface area contributed by atoms with E-state index in [-0.39, 0.29) is 5.91 Å². The topological polar surface area (TPSA) is 51.2 Å². The van der Waals surface area contributed by atoms with Gasteiger partial charge in [-0.1, -0.05) is 0 Å². The largest absolute Gasteiger partial charge is 0.284 e. The molecule has 0 saturated carbocycles.